The smallest absolute Gasteiger partial charge is 0.182 e. The van der Waals surface area contributed by atoms with E-state index in [2.05, 4.69) is 5.32 Å². The fourth-order valence-corrected chi connectivity index (χ4v) is 3.48. The van der Waals surface area contributed by atoms with Crippen molar-refractivity contribution in [1.82, 2.24) is 0 Å². The summed E-state index contributed by atoms with van der Waals surface area (Å²) in [7, 11) is -3.25. The van der Waals surface area contributed by atoms with Crippen LogP contribution in [-0.4, -0.2) is 20.2 Å². The predicted molar refractivity (Wildman–Crippen MR) is 56.2 cm³/mol. The maximum Gasteiger partial charge on any atom is 0.182 e. The van der Waals surface area contributed by atoms with Gasteiger partial charge in [-0.3, -0.25) is 0 Å². The molecule has 1 heterocycles. The molecule has 82 valence electrons. The molecule has 1 atom stereocenters. The first kappa shape index (κ1) is 10.4. The highest BCUT2D eigenvalue weighted by atomic mass is 32.2. The molecule has 0 spiro atoms. The summed E-state index contributed by atoms with van der Waals surface area (Å²) < 4.78 is 36.5. The molecule has 1 aliphatic rings. The van der Waals surface area contributed by atoms with Gasteiger partial charge in [0.25, 0.3) is 0 Å². The van der Waals surface area contributed by atoms with Gasteiger partial charge in [0.2, 0.25) is 0 Å². The standard InChI is InChI=1S/C10H12FNO2S/c1-2-8-6-15(13,14)10-4-3-7(11)5-9(10)12-8/h3-5,8,12H,2,6H2,1H3. The summed E-state index contributed by atoms with van der Waals surface area (Å²) in [4.78, 5) is 0.202. The van der Waals surface area contributed by atoms with E-state index in [0.717, 1.165) is 0 Å². The van der Waals surface area contributed by atoms with E-state index in [-0.39, 0.29) is 16.7 Å². The maximum absolute atomic E-state index is 12.9. The first-order valence-corrected chi connectivity index (χ1v) is 6.47. The summed E-state index contributed by atoms with van der Waals surface area (Å²) in [5.74, 6) is -0.338. The number of hydrogen-bond donors (Lipinski definition) is 1. The fraction of sp³-hybridized carbons (Fsp3) is 0.400. The molecule has 1 aliphatic heterocycles. The molecule has 0 fully saturated rings. The van der Waals surface area contributed by atoms with Crippen molar-refractivity contribution >= 4 is 15.5 Å². The lowest BCUT2D eigenvalue weighted by Gasteiger charge is -2.25. The van der Waals surface area contributed by atoms with Gasteiger partial charge in [0.05, 0.1) is 16.3 Å². The summed E-state index contributed by atoms with van der Waals surface area (Å²) >= 11 is 0. The van der Waals surface area contributed by atoms with E-state index in [1.54, 1.807) is 0 Å². The monoisotopic (exact) mass is 229 g/mol. The largest absolute Gasteiger partial charge is 0.380 e. The summed E-state index contributed by atoms with van der Waals surface area (Å²) in [5, 5.41) is 3.02. The van der Waals surface area contributed by atoms with Crippen molar-refractivity contribution in [2.24, 2.45) is 0 Å². The summed E-state index contributed by atoms with van der Waals surface area (Å²) in [6, 6.07) is 3.60. The third-order valence-corrected chi connectivity index (χ3v) is 4.42. The number of fused-ring (bicyclic) bond motifs is 1. The average Bonchev–Trinajstić information content (AvgIpc) is 2.15. The number of nitrogens with one attached hydrogen (secondary N) is 1. The van der Waals surface area contributed by atoms with Crippen LogP contribution in [-0.2, 0) is 9.84 Å². The van der Waals surface area contributed by atoms with Crippen molar-refractivity contribution in [3.63, 3.8) is 0 Å². The summed E-state index contributed by atoms with van der Waals surface area (Å²) in [6.07, 6.45) is 0.704. The Morgan fingerprint density at radius 2 is 2.27 bits per heavy atom. The van der Waals surface area contributed by atoms with Crippen molar-refractivity contribution in [2.75, 3.05) is 11.1 Å². The number of halogens is 1. The van der Waals surface area contributed by atoms with Crippen molar-refractivity contribution < 1.29 is 12.8 Å². The minimum absolute atomic E-state index is 0.0854. The van der Waals surface area contributed by atoms with Gasteiger partial charge in [0.1, 0.15) is 5.82 Å². The van der Waals surface area contributed by atoms with Crippen LogP contribution in [0, 0.1) is 5.82 Å². The first-order valence-electron chi connectivity index (χ1n) is 4.82. The third-order valence-electron chi connectivity index (χ3n) is 2.55. The zero-order valence-corrected chi connectivity index (χ0v) is 9.14. The zero-order valence-electron chi connectivity index (χ0n) is 8.33. The van der Waals surface area contributed by atoms with E-state index >= 15 is 0 Å². The average molecular weight is 229 g/mol. The Balaban J connectivity index is 2.55. The Bertz CT molecular complexity index is 484. The highest BCUT2D eigenvalue weighted by molar-refractivity contribution is 7.91. The Labute approximate surface area is 88.2 Å². The van der Waals surface area contributed by atoms with Gasteiger partial charge < -0.3 is 5.32 Å². The van der Waals surface area contributed by atoms with E-state index in [9.17, 15) is 12.8 Å². The molecule has 3 nitrogen and oxygen atoms in total. The van der Waals surface area contributed by atoms with Crippen LogP contribution < -0.4 is 5.32 Å². The van der Waals surface area contributed by atoms with E-state index in [0.29, 0.717) is 12.1 Å². The molecular formula is C10H12FNO2S. The third kappa shape index (κ3) is 1.84. The van der Waals surface area contributed by atoms with Gasteiger partial charge >= 0.3 is 0 Å². The number of hydrogen-bond acceptors (Lipinski definition) is 3. The number of rotatable bonds is 1. The molecule has 2 rings (SSSR count). The van der Waals surface area contributed by atoms with Crippen LogP contribution in [0.4, 0.5) is 10.1 Å². The minimum atomic E-state index is -3.25. The molecule has 0 aromatic heterocycles. The molecule has 1 aromatic rings. The van der Waals surface area contributed by atoms with Crippen molar-refractivity contribution in [3.8, 4) is 0 Å². The fourth-order valence-electron chi connectivity index (χ4n) is 1.72. The van der Waals surface area contributed by atoms with Crippen LogP contribution in [0.25, 0.3) is 0 Å². The lowest BCUT2D eigenvalue weighted by molar-refractivity contribution is 0.581. The predicted octanol–water partition coefficient (Wildman–Crippen LogP) is 1.80. The van der Waals surface area contributed by atoms with Gasteiger partial charge in [0, 0.05) is 6.04 Å². The van der Waals surface area contributed by atoms with Gasteiger partial charge in [-0.05, 0) is 24.6 Å². The number of benzene rings is 1. The Hall–Kier alpha value is -1.10. The molecular weight excluding hydrogens is 217 g/mol. The van der Waals surface area contributed by atoms with Gasteiger partial charge in [-0.15, -0.1) is 0 Å². The van der Waals surface area contributed by atoms with Gasteiger partial charge in [-0.1, -0.05) is 6.92 Å². The quantitative estimate of drug-likeness (QED) is 0.747. The second-order valence-electron chi connectivity index (χ2n) is 3.67. The van der Waals surface area contributed by atoms with E-state index in [4.69, 9.17) is 0 Å². The van der Waals surface area contributed by atoms with Gasteiger partial charge in [-0.25, -0.2) is 12.8 Å². The molecule has 1 unspecified atom stereocenters. The molecule has 0 bridgehead atoms. The van der Waals surface area contributed by atoms with Crippen LogP contribution in [0.5, 0.6) is 0 Å². The minimum Gasteiger partial charge on any atom is -0.380 e. The Kier molecular flexibility index (Phi) is 2.42. The molecule has 5 heteroatoms. The first-order chi connectivity index (χ1) is 7.03. The van der Waals surface area contributed by atoms with E-state index in [1.165, 1.54) is 18.2 Å². The molecule has 0 saturated heterocycles. The van der Waals surface area contributed by atoms with Crippen LogP contribution in [0.3, 0.4) is 0 Å². The summed E-state index contributed by atoms with van der Waals surface area (Å²) in [6.45, 7) is 1.90. The molecule has 0 radical (unpaired) electrons. The SMILES string of the molecule is CCC1CS(=O)(=O)c2ccc(F)cc2N1. The molecule has 0 aliphatic carbocycles. The highest BCUT2D eigenvalue weighted by Gasteiger charge is 2.28. The summed E-state index contributed by atoms with van der Waals surface area (Å²) in [5.41, 5.74) is 0.383. The van der Waals surface area contributed by atoms with Gasteiger partial charge in [-0.2, -0.15) is 0 Å². The van der Waals surface area contributed by atoms with Crippen molar-refractivity contribution in [2.45, 2.75) is 24.3 Å². The van der Waals surface area contributed by atoms with Crippen LogP contribution in [0.1, 0.15) is 13.3 Å². The number of anilines is 1. The maximum atomic E-state index is 12.9. The Morgan fingerprint density at radius 3 is 2.93 bits per heavy atom. The lowest BCUT2D eigenvalue weighted by atomic mass is 10.2. The van der Waals surface area contributed by atoms with Crippen molar-refractivity contribution in [1.29, 1.82) is 0 Å². The molecule has 1 aromatic carbocycles. The van der Waals surface area contributed by atoms with Crippen LogP contribution in [0.15, 0.2) is 23.1 Å². The molecule has 0 saturated carbocycles. The second kappa shape index (κ2) is 3.48. The molecule has 0 amide bonds. The van der Waals surface area contributed by atoms with Crippen LogP contribution >= 0.6 is 0 Å². The van der Waals surface area contributed by atoms with E-state index < -0.39 is 15.7 Å². The van der Waals surface area contributed by atoms with Crippen molar-refractivity contribution in [3.05, 3.63) is 24.0 Å². The Morgan fingerprint density at radius 1 is 1.53 bits per heavy atom. The number of sulfone groups is 1. The van der Waals surface area contributed by atoms with E-state index in [1.807, 2.05) is 6.92 Å². The lowest BCUT2D eigenvalue weighted by Crippen LogP contribution is -2.33. The van der Waals surface area contributed by atoms with Crippen LogP contribution in [0.2, 0.25) is 0 Å². The normalized spacial score (nSPS) is 22.9. The van der Waals surface area contributed by atoms with Gasteiger partial charge in [0.15, 0.2) is 9.84 Å². The molecule has 1 N–H and O–H groups in total. The molecule has 15 heavy (non-hydrogen) atoms. The zero-order chi connectivity index (χ0) is 11.1. The highest BCUT2D eigenvalue weighted by Crippen LogP contribution is 2.29. The second-order valence-corrected chi connectivity index (χ2v) is 5.67. The topological polar surface area (TPSA) is 46.2 Å².